The zero-order chi connectivity index (χ0) is 14.8. The Morgan fingerprint density at radius 3 is 2.36 bits per heavy atom. The molecule has 2 aromatic carbocycles. The lowest BCUT2D eigenvalue weighted by atomic mass is 10.00. The van der Waals surface area contributed by atoms with Crippen LogP contribution in [0.4, 0.5) is 0 Å². The van der Waals surface area contributed by atoms with Crippen molar-refractivity contribution in [2.45, 2.75) is 0 Å². The van der Waals surface area contributed by atoms with Gasteiger partial charge in [0, 0.05) is 22.7 Å². The Morgan fingerprint density at radius 1 is 0.682 bits per heavy atom. The van der Waals surface area contributed by atoms with Gasteiger partial charge in [0.2, 0.25) is 0 Å². The van der Waals surface area contributed by atoms with Crippen LogP contribution in [0.15, 0.2) is 73.4 Å². The van der Waals surface area contributed by atoms with Crippen molar-refractivity contribution in [1.82, 2.24) is 19.9 Å². The van der Waals surface area contributed by atoms with Crippen molar-refractivity contribution < 1.29 is 0 Å². The summed E-state index contributed by atoms with van der Waals surface area (Å²) in [5, 5.41) is 1.13. The number of para-hydroxylation sites is 1. The number of nitrogens with zero attached hydrogens (tertiary/aromatic N) is 4. The quantitative estimate of drug-likeness (QED) is 0.562. The molecule has 0 N–H and O–H groups in total. The fourth-order valence-electron chi connectivity index (χ4n) is 2.55. The second-order valence-electron chi connectivity index (χ2n) is 4.92. The molecule has 0 spiro atoms. The molecule has 4 heteroatoms. The minimum Gasteiger partial charge on any atom is -0.256 e. The van der Waals surface area contributed by atoms with Crippen molar-refractivity contribution in [3.63, 3.8) is 0 Å². The molecule has 0 aliphatic rings. The van der Waals surface area contributed by atoms with Crippen molar-refractivity contribution in [2.24, 2.45) is 0 Å². The van der Waals surface area contributed by atoms with Crippen molar-refractivity contribution in [3.05, 3.63) is 73.4 Å². The summed E-state index contributed by atoms with van der Waals surface area (Å²) in [6.07, 6.45) is 4.84. The van der Waals surface area contributed by atoms with E-state index in [-0.39, 0.29) is 0 Å². The van der Waals surface area contributed by atoms with Crippen LogP contribution < -0.4 is 0 Å². The molecule has 0 aliphatic carbocycles. The lowest BCUT2D eigenvalue weighted by Gasteiger charge is -2.07. The third-order valence-corrected chi connectivity index (χ3v) is 3.56. The molecule has 0 aliphatic heterocycles. The third-order valence-electron chi connectivity index (χ3n) is 3.56. The van der Waals surface area contributed by atoms with Gasteiger partial charge < -0.3 is 0 Å². The molecule has 4 nitrogen and oxygen atoms in total. The second kappa shape index (κ2) is 5.33. The van der Waals surface area contributed by atoms with Gasteiger partial charge >= 0.3 is 0 Å². The van der Waals surface area contributed by atoms with Crippen LogP contribution in [0, 0.1) is 0 Å². The molecule has 4 rings (SSSR count). The highest BCUT2D eigenvalue weighted by atomic mass is 15.0. The third kappa shape index (κ3) is 2.20. The van der Waals surface area contributed by atoms with Crippen LogP contribution in [0.1, 0.15) is 0 Å². The highest BCUT2D eigenvalue weighted by molar-refractivity contribution is 5.94. The van der Waals surface area contributed by atoms with E-state index in [4.69, 9.17) is 0 Å². The van der Waals surface area contributed by atoms with E-state index in [2.05, 4.69) is 56.3 Å². The Morgan fingerprint density at radius 2 is 1.45 bits per heavy atom. The van der Waals surface area contributed by atoms with E-state index in [9.17, 15) is 0 Å². The number of hydrogen-bond acceptors (Lipinski definition) is 4. The van der Waals surface area contributed by atoms with Gasteiger partial charge in [-0.05, 0) is 17.7 Å². The maximum absolute atomic E-state index is 4.52. The standard InChI is InChI=1S/C18H12N4/c1-5-14(10-15(6-1)18-21-11-19-12-22-18)16-8-2-4-13-7-3-9-20-17(13)16/h1-12H. The maximum Gasteiger partial charge on any atom is 0.162 e. The van der Waals surface area contributed by atoms with E-state index in [0.29, 0.717) is 5.82 Å². The fraction of sp³-hybridized carbons (Fsp3) is 0. The van der Waals surface area contributed by atoms with E-state index in [1.54, 1.807) is 0 Å². The van der Waals surface area contributed by atoms with Gasteiger partial charge in [-0.3, -0.25) is 4.98 Å². The van der Waals surface area contributed by atoms with Gasteiger partial charge in [0.1, 0.15) is 12.7 Å². The monoisotopic (exact) mass is 284 g/mol. The summed E-state index contributed by atoms with van der Waals surface area (Å²) >= 11 is 0. The molecule has 2 heterocycles. The van der Waals surface area contributed by atoms with Crippen molar-refractivity contribution in [2.75, 3.05) is 0 Å². The minimum atomic E-state index is 0.671. The molecule has 0 fully saturated rings. The lowest BCUT2D eigenvalue weighted by molar-refractivity contribution is 1.06. The first kappa shape index (κ1) is 12.6. The molecule has 0 atom stereocenters. The summed E-state index contributed by atoms with van der Waals surface area (Å²) in [4.78, 5) is 16.8. The number of pyridine rings is 1. The molecule has 0 saturated heterocycles. The Kier molecular flexibility index (Phi) is 3.05. The zero-order valence-corrected chi connectivity index (χ0v) is 11.7. The Labute approximate surface area is 127 Å². The molecular formula is C18H12N4. The van der Waals surface area contributed by atoms with Gasteiger partial charge in [-0.15, -0.1) is 0 Å². The maximum atomic E-state index is 4.52. The van der Waals surface area contributed by atoms with Crippen molar-refractivity contribution >= 4 is 10.9 Å². The Bertz CT molecular complexity index is 930. The summed E-state index contributed by atoms with van der Waals surface area (Å²) < 4.78 is 0. The van der Waals surface area contributed by atoms with Gasteiger partial charge in [0.05, 0.1) is 5.52 Å². The fourth-order valence-corrected chi connectivity index (χ4v) is 2.55. The lowest BCUT2D eigenvalue weighted by Crippen LogP contribution is -1.90. The first-order valence-corrected chi connectivity index (χ1v) is 6.98. The van der Waals surface area contributed by atoms with E-state index in [0.717, 1.165) is 27.6 Å². The summed E-state index contributed by atoms with van der Waals surface area (Å²) in [6.45, 7) is 0. The van der Waals surface area contributed by atoms with E-state index in [1.165, 1.54) is 12.7 Å². The minimum absolute atomic E-state index is 0.671. The number of aromatic nitrogens is 4. The molecule has 22 heavy (non-hydrogen) atoms. The molecule has 0 amide bonds. The van der Waals surface area contributed by atoms with E-state index < -0.39 is 0 Å². The largest absolute Gasteiger partial charge is 0.256 e. The van der Waals surface area contributed by atoms with Crippen molar-refractivity contribution in [1.29, 1.82) is 0 Å². The second-order valence-corrected chi connectivity index (χ2v) is 4.92. The molecule has 2 aromatic heterocycles. The van der Waals surface area contributed by atoms with Gasteiger partial charge in [-0.25, -0.2) is 15.0 Å². The van der Waals surface area contributed by atoms with Crippen LogP contribution in [0.2, 0.25) is 0 Å². The smallest absolute Gasteiger partial charge is 0.162 e. The number of fused-ring (bicyclic) bond motifs is 1. The first-order valence-electron chi connectivity index (χ1n) is 6.98. The number of rotatable bonds is 2. The van der Waals surface area contributed by atoms with E-state index >= 15 is 0 Å². The van der Waals surface area contributed by atoms with E-state index in [1.807, 2.05) is 24.4 Å². The zero-order valence-electron chi connectivity index (χ0n) is 11.7. The van der Waals surface area contributed by atoms with Crippen LogP contribution in [-0.2, 0) is 0 Å². The molecule has 0 radical (unpaired) electrons. The number of benzene rings is 2. The van der Waals surface area contributed by atoms with Crippen LogP contribution in [0.3, 0.4) is 0 Å². The topological polar surface area (TPSA) is 51.6 Å². The molecule has 104 valence electrons. The normalized spacial score (nSPS) is 10.7. The van der Waals surface area contributed by atoms with Gasteiger partial charge in [0.15, 0.2) is 5.82 Å². The van der Waals surface area contributed by atoms with Crippen LogP contribution >= 0.6 is 0 Å². The number of hydrogen-bond donors (Lipinski definition) is 0. The van der Waals surface area contributed by atoms with Gasteiger partial charge in [-0.2, -0.15) is 0 Å². The SMILES string of the molecule is c1cc(-c2ncncn2)cc(-c2cccc3cccnc23)c1. The highest BCUT2D eigenvalue weighted by Gasteiger charge is 2.07. The van der Waals surface area contributed by atoms with Crippen LogP contribution in [0.25, 0.3) is 33.4 Å². The van der Waals surface area contributed by atoms with Crippen LogP contribution in [-0.4, -0.2) is 19.9 Å². The highest BCUT2D eigenvalue weighted by Crippen LogP contribution is 2.29. The Hall–Kier alpha value is -3.14. The molecular weight excluding hydrogens is 272 g/mol. The predicted octanol–water partition coefficient (Wildman–Crippen LogP) is 3.75. The average molecular weight is 284 g/mol. The molecule has 4 aromatic rings. The Balaban J connectivity index is 1.89. The molecule has 0 bridgehead atoms. The predicted molar refractivity (Wildman–Crippen MR) is 86.0 cm³/mol. The van der Waals surface area contributed by atoms with Crippen LogP contribution in [0.5, 0.6) is 0 Å². The van der Waals surface area contributed by atoms with Crippen molar-refractivity contribution in [3.8, 4) is 22.5 Å². The van der Waals surface area contributed by atoms with Gasteiger partial charge in [0.25, 0.3) is 0 Å². The summed E-state index contributed by atoms with van der Waals surface area (Å²) in [5.41, 5.74) is 4.17. The average Bonchev–Trinajstić information content (AvgIpc) is 2.62. The molecule has 0 unspecified atom stereocenters. The summed E-state index contributed by atoms with van der Waals surface area (Å²) in [7, 11) is 0. The summed E-state index contributed by atoms with van der Waals surface area (Å²) in [5.74, 6) is 0.671. The summed E-state index contributed by atoms with van der Waals surface area (Å²) in [6, 6.07) is 18.4. The van der Waals surface area contributed by atoms with Gasteiger partial charge in [-0.1, -0.05) is 42.5 Å². The molecule has 0 saturated carbocycles. The first-order chi connectivity index (χ1) is 10.9.